The Bertz CT molecular complexity index is 526. The lowest BCUT2D eigenvalue weighted by Crippen LogP contribution is -2.32. The van der Waals surface area contributed by atoms with Crippen LogP contribution in [0.2, 0.25) is 5.02 Å². The van der Waals surface area contributed by atoms with Gasteiger partial charge in [-0.05, 0) is 30.7 Å². The van der Waals surface area contributed by atoms with Crippen LogP contribution in [0.4, 0.5) is 5.69 Å². The molecule has 2 aromatic rings. The van der Waals surface area contributed by atoms with Gasteiger partial charge >= 0.3 is 0 Å². The zero-order valence-electron chi connectivity index (χ0n) is 10.6. The maximum absolute atomic E-state index is 6.04. The van der Waals surface area contributed by atoms with Crippen LogP contribution in [-0.4, -0.2) is 29.3 Å². The van der Waals surface area contributed by atoms with Gasteiger partial charge in [0.15, 0.2) is 0 Å². The molecule has 19 heavy (non-hydrogen) atoms. The highest BCUT2D eigenvalue weighted by atomic mass is 35.5. The molecule has 0 amide bonds. The van der Waals surface area contributed by atoms with E-state index in [0.717, 1.165) is 36.8 Å². The molecule has 1 aliphatic rings. The standard InChI is InChI=1S/C14H17ClN4/c15-11-2-1-3-14(8-11)19-7-5-13(10-19)16-9-12-4-6-17-18-12/h1-4,6,8,13,16H,5,7,9-10H2,(H,17,18). The molecule has 5 heteroatoms. The Hall–Kier alpha value is -1.52. The van der Waals surface area contributed by atoms with Crippen LogP contribution in [0, 0.1) is 0 Å². The minimum Gasteiger partial charge on any atom is -0.370 e. The highest BCUT2D eigenvalue weighted by molar-refractivity contribution is 6.30. The molecule has 1 unspecified atom stereocenters. The molecule has 2 N–H and O–H groups in total. The first kappa shape index (κ1) is 12.5. The molecule has 0 spiro atoms. The molecule has 1 atom stereocenters. The molecule has 0 saturated carbocycles. The second-order valence-corrected chi connectivity index (χ2v) is 5.31. The second kappa shape index (κ2) is 5.63. The van der Waals surface area contributed by atoms with Crippen LogP contribution in [0.3, 0.4) is 0 Å². The Morgan fingerprint density at radius 2 is 2.37 bits per heavy atom. The Morgan fingerprint density at radius 1 is 1.42 bits per heavy atom. The average Bonchev–Trinajstić information content (AvgIpc) is 3.08. The molecule has 1 fully saturated rings. The van der Waals surface area contributed by atoms with E-state index in [1.807, 2.05) is 24.3 Å². The Labute approximate surface area is 117 Å². The number of nitrogens with zero attached hydrogens (tertiary/aromatic N) is 2. The maximum Gasteiger partial charge on any atom is 0.0490 e. The van der Waals surface area contributed by atoms with E-state index in [-0.39, 0.29) is 0 Å². The van der Waals surface area contributed by atoms with E-state index in [9.17, 15) is 0 Å². The van der Waals surface area contributed by atoms with E-state index in [0.29, 0.717) is 6.04 Å². The summed E-state index contributed by atoms with van der Waals surface area (Å²) >= 11 is 6.04. The van der Waals surface area contributed by atoms with Gasteiger partial charge < -0.3 is 10.2 Å². The number of halogens is 1. The molecular formula is C14H17ClN4. The lowest BCUT2D eigenvalue weighted by Gasteiger charge is -2.19. The smallest absolute Gasteiger partial charge is 0.0490 e. The molecule has 1 aromatic heterocycles. The van der Waals surface area contributed by atoms with Crippen molar-refractivity contribution < 1.29 is 0 Å². The summed E-state index contributed by atoms with van der Waals surface area (Å²) in [7, 11) is 0. The number of hydrogen-bond donors (Lipinski definition) is 2. The number of anilines is 1. The number of rotatable bonds is 4. The predicted molar refractivity (Wildman–Crippen MR) is 77.5 cm³/mol. The fourth-order valence-electron chi connectivity index (χ4n) is 2.47. The van der Waals surface area contributed by atoms with E-state index in [2.05, 4.69) is 26.5 Å². The van der Waals surface area contributed by atoms with Crippen molar-refractivity contribution in [1.82, 2.24) is 15.5 Å². The molecule has 0 bridgehead atoms. The van der Waals surface area contributed by atoms with Crippen molar-refractivity contribution in [3.63, 3.8) is 0 Å². The van der Waals surface area contributed by atoms with Gasteiger partial charge in [-0.1, -0.05) is 17.7 Å². The van der Waals surface area contributed by atoms with Gasteiger partial charge in [-0.3, -0.25) is 5.10 Å². The van der Waals surface area contributed by atoms with Gasteiger partial charge in [-0.15, -0.1) is 0 Å². The summed E-state index contributed by atoms with van der Waals surface area (Å²) < 4.78 is 0. The van der Waals surface area contributed by atoms with Crippen molar-refractivity contribution in [3.8, 4) is 0 Å². The van der Waals surface area contributed by atoms with Crippen molar-refractivity contribution in [2.45, 2.75) is 19.0 Å². The largest absolute Gasteiger partial charge is 0.370 e. The number of nitrogens with one attached hydrogen (secondary N) is 2. The second-order valence-electron chi connectivity index (χ2n) is 4.87. The van der Waals surface area contributed by atoms with Gasteiger partial charge in [0, 0.05) is 48.3 Å². The minimum atomic E-state index is 0.516. The van der Waals surface area contributed by atoms with E-state index in [4.69, 9.17) is 11.6 Å². The molecular weight excluding hydrogens is 260 g/mol. The first-order chi connectivity index (χ1) is 9.31. The number of benzene rings is 1. The van der Waals surface area contributed by atoms with Gasteiger partial charge in [0.05, 0.1) is 0 Å². The molecule has 4 nitrogen and oxygen atoms in total. The normalized spacial score (nSPS) is 19.0. The first-order valence-corrected chi connectivity index (χ1v) is 6.91. The summed E-state index contributed by atoms with van der Waals surface area (Å²) in [6.45, 7) is 2.93. The van der Waals surface area contributed by atoms with E-state index in [1.165, 1.54) is 5.69 Å². The Balaban J connectivity index is 1.55. The summed E-state index contributed by atoms with van der Waals surface area (Å²) in [4.78, 5) is 2.37. The zero-order chi connectivity index (χ0) is 13.1. The number of aromatic amines is 1. The fourth-order valence-corrected chi connectivity index (χ4v) is 2.66. The third-order valence-corrected chi connectivity index (χ3v) is 3.74. The van der Waals surface area contributed by atoms with Crippen molar-refractivity contribution in [3.05, 3.63) is 47.2 Å². The number of aromatic nitrogens is 2. The molecule has 0 radical (unpaired) electrons. The van der Waals surface area contributed by atoms with Crippen LogP contribution in [0.15, 0.2) is 36.5 Å². The number of hydrogen-bond acceptors (Lipinski definition) is 3. The van der Waals surface area contributed by atoms with Crippen LogP contribution in [-0.2, 0) is 6.54 Å². The fraction of sp³-hybridized carbons (Fsp3) is 0.357. The zero-order valence-corrected chi connectivity index (χ0v) is 11.4. The predicted octanol–water partition coefficient (Wildman–Crippen LogP) is 2.43. The van der Waals surface area contributed by atoms with Gasteiger partial charge in [0.1, 0.15) is 0 Å². The topological polar surface area (TPSA) is 44.0 Å². The van der Waals surface area contributed by atoms with Crippen molar-refractivity contribution in [2.75, 3.05) is 18.0 Å². The summed E-state index contributed by atoms with van der Waals surface area (Å²) in [5.41, 5.74) is 2.33. The SMILES string of the molecule is Clc1cccc(N2CCC(NCc3ccn[nH]3)C2)c1. The van der Waals surface area contributed by atoms with E-state index >= 15 is 0 Å². The van der Waals surface area contributed by atoms with Gasteiger partial charge in [-0.25, -0.2) is 0 Å². The lowest BCUT2D eigenvalue weighted by molar-refractivity contribution is 0.545. The Kier molecular flexibility index (Phi) is 3.71. The summed E-state index contributed by atoms with van der Waals surface area (Å²) in [5, 5.41) is 11.3. The van der Waals surface area contributed by atoms with Crippen LogP contribution in [0.5, 0.6) is 0 Å². The van der Waals surface area contributed by atoms with Crippen molar-refractivity contribution in [1.29, 1.82) is 0 Å². The third kappa shape index (κ3) is 3.08. The van der Waals surface area contributed by atoms with Crippen LogP contribution >= 0.6 is 11.6 Å². The third-order valence-electron chi connectivity index (χ3n) is 3.50. The Morgan fingerprint density at radius 3 is 3.16 bits per heavy atom. The van der Waals surface area contributed by atoms with Gasteiger partial charge in [0.25, 0.3) is 0 Å². The van der Waals surface area contributed by atoms with E-state index < -0.39 is 0 Å². The summed E-state index contributed by atoms with van der Waals surface area (Å²) in [6.07, 6.45) is 2.94. The van der Waals surface area contributed by atoms with E-state index in [1.54, 1.807) is 6.20 Å². The molecule has 1 aliphatic heterocycles. The average molecular weight is 277 g/mol. The van der Waals surface area contributed by atoms with Crippen LogP contribution < -0.4 is 10.2 Å². The molecule has 1 saturated heterocycles. The maximum atomic E-state index is 6.04. The van der Waals surface area contributed by atoms with Crippen molar-refractivity contribution in [2.24, 2.45) is 0 Å². The molecule has 3 rings (SSSR count). The summed E-state index contributed by atoms with van der Waals surface area (Å²) in [5.74, 6) is 0. The number of H-pyrrole nitrogens is 1. The lowest BCUT2D eigenvalue weighted by atomic mass is 10.2. The first-order valence-electron chi connectivity index (χ1n) is 6.53. The quantitative estimate of drug-likeness (QED) is 0.901. The summed E-state index contributed by atoms with van der Waals surface area (Å²) in [6, 6.07) is 10.6. The molecule has 2 heterocycles. The highest BCUT2D eigenvalue weighted by Crippen LogP contribution is 2.23. The van der Waals surface area contributed by atoms with Crippen LogP contribution in [0.25, 0.3) is 0 Å². The van der Waals surface area contributed by atoms with Gasteiger partial charge in [-0.2, -0.15) is 5.10 Å². The van der Waals surface area contributed by atoms with Gasteiger partial charge in [0.2, 0.25) is 0 Å². The molecule has 1 aromatic carbocycles. The molecule has 100 valence electrons. The highest BCUT2D eigenvalue weighted by Gasteiger charge is 2.22. The van der Waals surface area contributed by atoms with Crippen LogP contribution in [0.1, 0.15) is 12.1 Å². The monoisotopic (exact) mass is 276 g/mol. The molecule has 0 aliphatic carbocycles. The minimum absolute atomic E-state index is 0.516. The van der Waals surface area contributed by atoms with Crippen molar-refractivity contribution >= 4 is 17.3 Å².